The number of aliphatic hydroxyl groups is 1. The lowest BCUT2D eigenvalue weighted by Crippen LogP contribution is -2.30. The number of ether oxygens (including phenoxy) is 1. The number of aliphatic hydroxyl groups excluding tert-OH is 1. The number of hydrogen-bond acceptors (Lipinski definition) is 6. The van der Waals surface area contributed by atoms with Crippen LogP contribution in [0.15, 0.2) is 42.5 Å². The second-order valence-electron chi connectivity index (χ2n) is 9.18. The van der Waals surface area contributed by atoms with Crippen LogP contribution in [0.1, 0.15) is 62.7 Å². The zero-order valence-electron chi connectivity index (χ0n) is 19.9. The van der Waals surface area contributed by atoms with Crippen LogP contribution in [-0.2, 0) is 11.2 Å². The highest BCUT2D eigenvalue weighted by Crippen LogP contribution is 2.25. The summed E-state index contributed by atoms with van der Waals surface area (Å²) in [5, 5.41) is 32.6. The third-order valence-corrected chi connectivity index (χ3v) is 6.31. The van der Waals surface area contributed by atoms with Crippen molar-refractivity contribution in [3.63, 3.8) is 0 Å². The van der Waals surface area contributed by atoms with Gasteiger partial charge in [-0.05, 0) is 87.3 Å². The molecule has 2 unspecified atom stereocenters. The van der Waals surface area contributed by atoms with Crippen LogP contribution in [0.5, 0.6) is 11.5 Å². The molecule has 4 N–H and O–H groups in total. The van der Waals surface area contributed by atoms with Gasteiger partial charge in [-0.1, -0.05) is 12.1 Å². The van der Waals surface area contributed by atoms with E-state index in [0.29, 0.717) is 12.1 Å². The summed E-state index contributed by atoms with van der Waals surface area (Å²) in [4.78, 5) is 2.46. The molecule has 0 amide bonds. The van der Waals surface area contributed by atoms with Crippen molar-refractivity contribution in [2.75, 3.05) is 37.7 Å². The number of hydrogen-bond donors (Lipinski definition) is 4. The van der Waals surface area contributed by atoms with E-state index in [2.05, 4.69) is 41.4 Å². The highest BCUT2D eigenvalue weighted by molar-refractivity contribution is 5.48. The molecule has 1 aliphatic heterocycles. The van der Waals surface area contributed by atoms with Crippen molar-refractivity contribution in [3.8, 4) is 11.5 Å². The minimum Gasteiger partial charge on any atom is -0.508 e. The molecular weight excluding hydrogens is 416 g/mol. The van der Waals surface area contributed by atoms with Gasteiger partial charge in [-0.2, -0.15) is 0 Å². The molecule has 6 nitrogen and oxygen atoms in total. The molecule has 0 aliphatic carbocycles. The fourth-order valence-corrected chi connectivity index (χ4v) is 4.33. The quantitative estimate of drug-likeness (QED) is 0.313. The normalized spacial score (nSPS) is 15.6. The van der Waals surface area contributed by atoms with Crippen molar-refractivity contribution in [1.29, 1.82) is 0 Å². The summed E-state index contributed by atoms with van der Waals surface area (Å²) >= 11 is 0. The smallest absolute Gasteiger partial charge is 0.119 e. The first-order valence-corrected chi connectivity index (χ1v) is 12.4. The molecule has 182 valence electrons. The summed E-state index contributed by atoms with van der Waals surface area (Å²) in [7, 11) is 0. The van der Waals surface area contributed by atoms with Crippen molar-refractivity contribution in [3.05, 3.63) is 53.6 Å². The Morgan fingerprint density at radius 2 is 1.61 bits per heavy atom. The number of aryl methyl sites for hydroxylation is 1. The molecular formula is C27H40N2O4. The van der Waals surface area contributed by atoms with Crippen molar-refractivity contribution < 1.29 is 20.1 Å². The fraction of sp³-hybridized carbons (Fsp3) is 0.556. The summed E-state index contributed by atoms with van der Waals surface area (Å²) in [6.45, 7) is 6.43. The van der Waals surface area contributed by atoms with Crippen LogP contribution < -0.4 is 10.2 Å². The van der Waals surface area contributed by atoms with E-state index in [4.69, 9.17) is 4.74 Å². The minimum absolute atomic E-state index is 0.0486. The molecule has 0 aromatic heterocycles. The van der Waals surface area contributed by atoms with Gasteiger partial charge in [0, 0.05) is 50.6 Å². The average Bonchev–Trinajstić information content (AvgIpc) is 3.34. The molecule has 0 radical (unpaired) electrons. The van der Waals surface area contributed by atoms with Crippen LogP contribution in [0, 0.1) is 0 Å². The molecule has 1 fully saturated rings. The van der Waals surface area contributed by atoms with Crippen molar-refractivity contribution >= 4 is 5.69 Å². The third kappa shape index (κ3) is 8.88. The Hall–Kier alpha value is -2.28. The number of phenols is 2. The summed E-state index contributed by atoms with van der Waals surface area (Å²) in [6.07, 6.45) is 7.04. The van der Waals surface area contributed by atoms with Crippen molar-refractivity contribution in [2.45, 2.75) is 64.0 Å². The first-order valence-electron chi connectivity index (χ1n) is 12.4. The van der Waals surface area contributed by atoms with Crippen molar-refractivity contribution in [1.82, 2.24) is 5.32 Å². The minimum atomic E-state index is -0.773. The Morgan fingerprint density at radius 3 is 2.30 bits per heavy atom. The van der Waals surface area contributed by atoms with Gasteiger partial charge < -0.3 is 30.3 Å². The number of anilines is 1. The second-order valence-corrected chi connectivity index (χ2v) is 9.18. The third-order valence-electron chi connectivity index (χ3n) is 6.31. The molecule has 0 saturated carbocycles. The first-order chi connectivity index (χ1) is 16.0. The van der Waals surface area contributed by atoms with E-state index in [0.717, 1.165) is 45.3 Å². The maximum absolute atomic E-state index is 10.2. The van der Waals surface area contributed by atoms with Crippen LogP contribution >= 0.6 is 0 Å². The lowest BCUT2D eigenvalue weighted by Gasteiger charge is -2.18. The van der Waals surface area contributed by atoms with Crippen LogP contribution in [0.2, 0.25) is 0 Å². The Labute approximate surface area is 198 Å². The van der Waals surface area contributed by atoms with E-state index in [1.807, 2.05) is 0 Å². The van der Waals surface area contributed by atoms with E-state index in [9.17, 15) is 15.3 Å². The Morgan fingerprint density at radius 1 is 0.939 bits per heavy atom. The van der Waals surface area contributed by atoms with Gasteiger partial charge >= 0.3 is 0 Å². The lowest BCUT2D eigenvalue weighted by molar-refractivity contribution is 0.127. The maximum atomic E-state index is 10.2. The standard InChI is InChI=1S/C27H40N2O4/c1-21(28-20-27(32)23-17-25(30)19-26(31)18-23)7-2-5-15-33-16-6-8-22-9-11-24(12-10-22)29-13-3-4-14-29/h9-12,17-19,21,27-28,30-32H,2-8,13-16,20H2,1H3. The van der Waals surface area contributed by atoms with Crippen molar-refractivity contribution in [2.24, 2.45) is 0 Å². The summed E-state index contributed by atoms with van der Waals surface area (Å²) in [6, 6.07) is 13.5. The molecule has 33 heavy (non-hydrogen) atoms. The monoisotopic (exact) mass is 456 g/mol. The lowest BCUT2D eigenvalue weighted by atomic mass is 10.1. The predicted octanol–water partition coefficient (Wildman–Crippen LogP) is 4.53. The zero-order valence-corrected chi connectivity index (χ0v) is 19.9. The Kier molecular flexibility index (Phi) is 10.3. The van der Waals surface area contributed by atoms with E-state index in [1.54, 1.807) is 0 Å². The molecule has 2 atom stereocenters. The van der Waals surface area contributed by atoms with E-state index in [1.165, 1.54) is 55.4 Å². The number of unbranched alkanes of at least 4 members (excludes halogenated alkanes) is 1. The van der Waals surface area contributed by atoms with Crippen LogP contribution in [0.25, 0.3) is 0 Å². The van der Waals surface area contributed by atoms with E-state index < -0.39 is 6.10 Å². The van der Waals surface area contributed by atoms with Gasteiger partial charge in [-0.15, -0.1) is 0 Å². The van der Waals surface area contributed by atoms with E-state index in [-0.39, 0.29) is 17.5 Å². The highest BCUT2D eigenvalue weighted by Gasteiger charge is 2.12. The molecule has 0 spiro atoms. The number of rotatable bonds is 14. The van der Waals surface area contributed by atoms with E-state index >= 15 is 0 Å². The summed E-state index contributed by atoms with van der Waals surface area (Å²) in [5.74, 6) is -0.0972. The summed E-state index contributed by atoms with van der Waals surface area (Å²) < 4.78 is 5.80. The van der Waals surface area contributed by atoms with Gasteiger partial charge in [0.15, 0.2) is 0 Å². The van der Waals surface area contributed by atoms with Gasteiger partial charge in [-0.3, -0.25) is 0 Å². The molecule has 2 aromatic carbocycles. The molecule has 0 bridgehead atoms. The number of phenolic OH excluding ortho intramolecular Hbond substituents is 2. The van der Waals surface area contributed by atoms with Gasteiger partial charge in [-0.25, -0.2) is 0 Å². The Balaban J connectivity index is 1.19. The molecule has 1 aliphatic rings. The van der Waals surface area contributed by atoms with Gasteiger partial charge in [0.2, 0.25) is 0 Å². The van der Waals surface area contributed by atoms with Gasteiger partial charge in [0.05, 0.1) is 6.10 Å². The first kappa shape index (κ1) is 25.3. The van der Waals surface area contributed by atoms with Crippen LogP contribution in [0.4, 0.5) is 5.69 Å². The number of aromatic hydroxyl groups is 2. The predicted molar refractivity (Wildman–Crippen MR) is 133 cm³/mol. The number of nitrogens with one attached hydrogen (secondary N) is 1. The average molecular weight is 457 g/mol. The molecule has 1 saturated heterocycles. The fourth-order valence-electron chi connectivity index (χ4n) is 4.33. The number of benzene rings is 2. The SMILES string of the molecule is CC(CCCCOCCCc1ccc(N2CCCC2)cc1)NCC(O)c1cc(O)cc(O)c1. The molecule has 3 rings (SSSR count). The van der Waals surface area contributed by atoms with Crippen LogP contribution in [-0.4, -0.2) is 54.2 Å². The number of nitrogens with zero attached hydrogens (tertiary/aromatic N) is 1. The van der Waals surface area contributed by atoms with Gasteiger partial charge in [0.25, 0.3) is 0 Å². The highest BCUT2D eigenvalue weighted by atomic mass is 16.5. The molecule has 1 heterocycles. The molecule has 6 heteroatoms. The Bertz CT molecular complexity index is 801. The second kappa shape index (κ2) is 13.4. The zero-order chi connectivity index (χ0) is 23.5. The molecule has 2 aromatic rings. The largest absolute Gasteiger partial charge is 0.508 e. The van der Waals surface area contributed by atoms with Crippen LogP contribution in [0.3, 0.4) is 0 Å². The van der Waals surface area contributed by atoms with Gasteiger partial charge in [0.1, 0.15) is 11.5 Å². The topological polar surface area (TPSA) is 85.2 Å². The summed E-state index contributed by atoms with van der Waals surface area (Å²) in [5.41, 5.74) is 3.23. The maximum Gasteiger partial charge on any atom is 0.119 e.